The van der Waals surface area contributed by atoms with Gasteiger partial charge in [-0.25, -0.2) is 8.42 Å². The average molecular weight is 478 g/mol. The standard InChI is InChI=1S/C22H27N3O5S2/c1-16-18(22(27)24-11-13-30-14-12-24)5-4-6-19(16)23-20(26)15-17-7-8-21(31-17)32(28,29)25-9-2-3-10-25/h4-8H,2-3,9-15H2,1H3,(H,23,26). The van der Waals surface area contributed by atoms with E-state index >= 15 is 0 Å². The van der Waals surface area contributed by atoms with Crippen LogP contribution in [0, 0.1) is 6.92 Å². The predicted molar refractivity (Wildman–Crippen MR) is 123 cm³/mol. The second-order valence-corrected chi connectivity index (χ2v) is 11.3. The summed E-state index contributed by atoms with van der Waals surface area (Å²) in [7, 11) is -3.48. The fraction of sp³-hybridized carbons (Fsp3) is 0.455. The lowest BCUT2D eigenvalue weighted by molar-refractivity contribution is -0.115. The highest BCUT2D eigenvalue weighted by Crippen LogP contribution is 2.28. The minimum Gasteiger partial charge on any atom is -0.378 e. The van der Waals surface area contributed by atoms with Crippen molar-refractivity contribution in [2.75, 3.05) is 44.7 Å². The molecule has 2 fully saturated rings. The van der Waals surface area contributed by atoms with Crippen LogP contribution in [0.3, 0.4) is 0 Å². The van der Waals surface area contributed by atoms with E-state index in [0.717, 1.165) is 24.2 Å². The van der Waals surface area contributed by atoms with Gasteiger partial charge in [0.05, 0.1) is 19.6 Å². The third-order valence-electron chi connectivity index (χ3n) is 5.77. The highest BCUT2D eigenvalue weighted by Gasteiger charge is 2.28. The van der Waals surface area contributed by atoms with Crippen molar-refractivity contribution < 1.29 is 22.7 Å². The minimum absolute atomic E-state index is 0.0707. The molecule has 2 aromatic rings. The third kappa shape index (κ3) is 4.88. The molecule has 0 saturated carbocycles. The van der Waals surface area contributed by atoms with Crippen molar-refractivity contribution in [3.8, 4) is 0 Å². The van der Waals surface area contributed by atoms with Crippen LogP contribution in [0.2, 0.25) is 0 Å². The van der Waals surface area contributed by atoms with Crippen LogP contribution in [0.15, 0.2) is 34.5 Å². The molecule has 172 valence electrons. The fourth-order valence-corrected chi connectivity index (χ4v) is 6.97. The molecule has 1 aromatic carbocycles. The molecule has 0 spiro atoms. The Morgan fingerprint density at radius 2 is 1.78 bits per heavy atom. The molecule has 1 aromatic heterocycles. The van der Waals surface area contributed by atoms with Crippen LogP contribution >= 0.6 is 11.3 Å². The normalized spacial score (nSPS) is 17.5. The summed E-state index contributed by atoms with van der Waals surface area (Å²) in [6, 6.07) is 8.55. The van der Waals surface area contributed by atoms with Crippen molar-refractivity contribution in [2.45, 2.75) is 30.4 Å². The SMILES string of the molecule is Cc1c(NC(=O)Cc2ccc(S(=O)(=O)N3CCCC3)s2)cccc1C(=O)N1CCOCC1. The number of hydrogen-bond donors (Lipinski definition) is 1. The van der Waals surface area contributed by atoms with Crippen molar-refractivity contribution in [3.05, 3.63) is 46.3 Å². The van der Waals surface area contributed by atoms with Gasteiger partial charge in [-0.2, -0.15) is 4.31 Å². The summed E-state index contributed by atoms with van der Waals surface area (Å²) >= 11 is 1.13. The summed E-state index contributed by atoms with van der Waals surface area (Å²) in [6.07, 6.45) is 1.83. The van der Waals surface area contributed by atoms with Gasteiger partial charge in [0.1, 0.15) is 4.21 Å². The molecule has 0 aliphatic carbocycles. The second kappa shape index (κ2) is 9.70. The van der Waals surface area contributed by atoms with E-state index in [1.807, 2.05) is 6.92 Å². The van der Waals surface area contributed by atoms with Gasteiger partial charge in [-0.15, -0.1) is 11.3 Å². The molecule has 8 nitrogen and oxygen atoms in total. The maximum absolute atomic E-state index is 12.9. The van der Waals surface area contributed by atoms with Crippen molar-refractivity contribution in [3.63, 3.8) is 0 Å². The van der Waals surface area contributed by atoms with E-state index < -0.39 is 10.0 Å². The summed E-state index contributed by atoms with van der Waals surface area (Å²) < 4.78 is 32.5. The van der Waals surface area contributed by atoms with Gasteiger partial charge in [0, 0.05) is 42.3 Å². The molecule has 0 unspecified atom stereocenters. The van der Waals surface area contributed by atoms with Gasteiger partial charge in [-0.3, -0.25) is 9.59 Å². The van der Waals surface area contributed by atoms with Crippen LogP contribution in [0.5, 0.6) is 0 Å². The van der Waals surface area contributed by atoms with E-state index in [9.17, 15) is 18.0 Å². The number of morpholine rings is 1. The molecule has 2 amide bonds. The van der Waals surface area contributed by atoms with E-state index in [0.29, 0.717) is 61.1 Å². The number of benzene rings is 1. The Morgan fingerprint density at radius 1 is 1.06 bits per heavy atom. The summed E-state index contributed by atoms with van der Waals surface area (Å²) in [5.41, 5.74) is 1.84. The second-order valence-electron chi connectivity index (χ2n) is 7.94. The van der Waals surface area contributed by atoms with E-state index in [2.05, 4.69) is 5.32 Å². The smallest absolute Gasteiger partial charge is 0.254 e. The Bertz CT molecular complexity index is 1100. The average Bonchev–Trinajstić information content (AvgIpc) is 3.48. The summed E-state index contributed by atoms with van der Waals surface area (Å²) in [6.45, 7) is 5.07. The maximum Gasteiger partial charge on any atom is 0.254 e. The predicted octanol–water partition coefficient (Wildman–Crippen LogP) is 2.49. The molecule has 2 aliphatic rings. The molecule has 0 radical (unpaired) electrons. The number of rotatable bonds is 6. The lowest BCUT2D eigenvalue weighted by Crippen LogP contribution is -2.41. The van der Waals surface area contributed by atoms with Gasteiger partial charge in [0.15, 0.2) is 0 Å². The van der Waals surface area contributed by atoms with Crippen LogP contribution in [0.4, 0.5) is 5.69 Å². The lowest BCUT2D eigenvalue weighted by Gasteiger charge is -2.27. The largest absolute Gasteiger partial charge is 0.378 e. The zero-order valence-electron chi connectivity index (χ0n) is 18.0. The Balaban J connectivity index is 1.42. The number of nitrogens with zero attached hydrogens (tertiary/aromatic N) is 2. The first kappa shape index (κ1) is 22.9. The zero-order chi connectivity index (χ0) is 22.7. The Hall–Kier alpha value is -2.27. The number of carbonyl (C=O) groups excluding carboxylic acids is 2. The Labute approximate surface area is 192 Å². The minimum atomic E-state index is -3.48. The van der Waals surface area contributed by atoms with Gasteiger partial charge >= 0.3 is 0 Å². The number of hydrogen-bond acceptors (Lipinski definition) is 6. The first-order chi connectivity index (χ1) is 15.4. The van der Waals surface area contributed by atoms with E-state index in [1.54, 1.807) is 35.2 Å². The van der Waals surface area contributed by atoms with E-state index in [4.69, 9.17) is 4.74 Å². The van der Waals surface area contributed by atoms with Crippen molar-refractivity contribution in [1.82, 2.24) is 9.21 Å². The topological polar surface area (TPSA) is 96.0 Å². The molecule has 1 N–H and O–H groups in total. The molecule has 32 heavy (non-hydrogen) atoms. The molecule has 2 aliphatic heterocycles. The molecule has 0 bridgehead atoms. The number of sulfonamides is 1. The lowest BCUT2D eigenvalue weighted by atomic mass is 10.0. The van der Waals surface area contributed by atoms with Gasteiger partial charge in [-0.1, -0.05) is 6.07 Å². The number of anilines is 1. The Kier molecular flexibility index (Phi) is 6.94. The summed E-state index contributed by atoms with van der Waals surface area (Å²) in [4.78, 5) is 27.9. The van der Waals surface area contributed by atoms with Gasteiger partial charge in [0.2, 0.25) is 5.91 Å². The van der Waals surface area contributed by atoms with Crippen molar-refractivity contribution in [2.24, 2.45) is 0 Å². The molecule has 0 atom stereocenters. The van der Waals surface area contributed by atoms with Crippen molar-refractivity contribution in [1.29, 1.82) is 0 Å². The van der Waals surface area contributed by atoms with Crippen LogP contribution in [0.25, 0.3) is 0 Å². The van der Waals surface area contributed by atoms with Crippen molar-refractivity contribution >= 4 is 38.9 Å². The highest BCUT2D eigenvalue weighted by atomic mass is 32.2. The fourth-order valence-electron chi connectivity index (χ4n) is 3.94. The molecule has 3 heterocycles. The Morgan fingerprint density at radius 3 is 2.50 bits per heavy atom. The monoisotopic (exact) mass is 477 g/mol. The molecule has 2 saturated heterocycles. The van der Waals surface area contributed by atoms with Gasteiger partial charge in [-0.05, 0) is 49.6 Å². The van der Waals surface area contributed by atoms with Crippen LogP contribution in [-0.2, 0) is 26.0 Å². The quantitative estimate of drug-likeness (QED) is 0.690. The van der Waals surface area contributed by atoms with Gasteiger partial charge < -0.3 is 15.0 Å². The number of nitrogens with one attached hydrogen (secondary N) is 1. The summed E-state index contributed by atoms with van der Waals surface area (Å²) in [5.74, 6) is -0.326. The third-order valence-corrected chi connectivity index (χ3v) is 9.22. The number of ether oxygens (including phenoxy) is 1. The van der Waals surface area contributed by atoms with E-state index in [-0.39, 0.29) is 22.4 Å². The van der Waals surface area contributed by atoms with E-state index in [1.165, 1.54) is 4.31 Å². The van der Waals surface area contributed by atoms with Crippen LogP contribution in [-0.4, -0.2) is 68.8 Å². The summed E-state index contributed by atoms with van der Waals surface area (Å²) in [5, 5.41) is 2.87. The molecular formula is C22H27N3O5S2. The van der Waals surface area contributed by atoms with Crippen LogP contribution in [0.1, 0.15) is 33.6 Å². The highest BCUT2D eigenvalue weighted by molar-refractivity contribution is 7.91. The number of carbonyl (C=O) groups is 2. The molecule has 4 rings (SSSR count). The first-order valence-corrected chi connectivity index (χ1v) is 13.0. The number of thiophene rings is 1. The molecule has 10 heteroatoms. The number of amides is 2. The first-order valence-electron chi connectivity index (χ1n) is 10.7. The van der Waals surface area contributed by atoms with Crippen LogP contribution < -0.4 is 5.32 Å². The maximum atomic E-state index is 12.9. The van der Waals surface area contributed by atoms with Gasteiger partial charge in [0.25, 0.3) is 15.9 Å². The zero-order valence-corrected chi connectivity index (χ0v) is 19.6. The molecular weight excluding hydrogens is 450 g/mol.